The quantitative estimate of drug-likeness (QED) is 0.667. The highest BCUT2D eigenvalue weighted by Gasteiger charge is 2.34. The van der Waals surface area contributed by atoms with Crippen LogP contribution in [-0.2, 0) is 4.79 Å². The van der Waals surface area contributed by atoms with E-state index in [4.69, 9.17) is 5.11 Å². The van der Waals surface area contributed by atoms with Crippen LogP contribution >= 0.6 is 10.6 Å². The van der Waals surface area contributed by atoms with Gasteiger partial charge in [-0.3, -0.25) is 9.11 Å². The normalized spacial score (nSPS) is 19.7. The number of hydrogen-bond donors (Lipinski definition) is 3. The third-order valence-electron chi connectivity index (χ3n) is 2.03. The molecule has 74 valence electrons. The van der Waals surface area contributed by atoms with E-state index in [-0.39, 0.29) is 9.80 Å². The van der Waals surface area contributed by atoms with E-state index in [9.17, 15) is 13.9 Å². The van der Waals surface area contributed by atoms with Crippen molar-refractivity contribution in [3.05, 3.63) is 34.7 Å². The Kier molecular flexibility index (Phi) is 1.88. The van der Waals surface area contributed by atoms with Crippen molar-refractivity contribution in [2.45, 2.75) is 4.90 Å². The molecule has 0 bridgehead atoms. The van der Waals surface area contributed by atoms with Crippen molar-refractivity contribution in [2.24, 2.45) is 0 Å². The zero-order valence-electron chi connectivity index (χ0n) is 7.04. The molecule has 0 atom stereocenters. The van der Waals surface area contributed by atoms with Crippen LogP contribution in [0.15, 0.2) is 34.1 Å². The SMILES string of the molecule is O=C(O)C1=Cc2ccccc2S1(O)O. The predicted octanol–water partition coefficient (Wildman–Crippen LogP) is 2.24. The van der Waals surface area contributed by atoms with Crippen LogP contribution in [0.25, 0.3) is 6.08 Å². The topological polar surface area (TPSA) is 77.8 Å². The van der Waals surface area contributed by atoms with E-state index in [1.165, 1.54) is 12.1 Å². The van der Waals surface area contributed by atoms with Gasteiger partial charge in [-0.15, -0.1) is 10.6 Å². The summed E-state index contributed by atoms with van der Waals surface area (Å²) in [4.78, 5) is 10.7. The van der Waals surface area contributed by atoms with E-state index in [0.717, 1.165) is 0 Å². The first kappa shape index (κ1) is 9.26. The molecule has 0 saturated carbocycles. The monoisotopic (exact) mass is 212 g/mol. The first-order valence-corrected chi connectivity index (χ1v) is 5.40. The molecule has 1 aromatic carbocycles. The van der Waals surface area contributed by atoms with Gasteiger partial charge in [-0.1, -0.05) is 18.2 Å². The molecule has 0 spiro atoms. The molecule has 0 unspecified atom stereocenters. The molecule has 0 aliphatic carbocycles. The Morgan fingerprint density at radius 1 is 1.21 bits per heavy atom. The van der Waals surface area contributed by atoms with E-state index in [2.05, 4.69) is 0 Å². The minimum atomic E-state index is -3.28. The number of fused-ring (bicyclic) bond motifs is 1. The lowest BCUT2D eigenvalue weighted by Crippen LogP contribution is -2.06. The van der Waals surface area contributed by atoms with Crippen LogP contribution in [0.5, 0.6) is 0 Å². The molecule has 3 N–H and O–H groups in total. The number of hydrogen-bond acceptors (Lipinski definition) is 3. The Labute approximate surface area is 81.9 Å². The van der Waals surface area contributed by atoms with Gasteiger partial charge in [0, 0.05) is 5.56 Å². The number of carbonyl (C=O) groups is 1. The molecule has 1 aromatic rings. The molecular formula is C9H8O4S. The maximum atomic E-state index is 10.7. The molecular weight excluding hydrogens is 204 g/mol. The third-order valence-corrected chi connectivity index (χ3v) is 3.92. The van der Waals surface area contributed by atoms with E-state index in [1.807, 2.05) is 0 Å². The van der Waals surface area contributed by atoms with Crippen LogP contribution < -0.4 is 0 Å². The fourth-order valence-corrected chi connectivity index (χ4v) is 2.88. The Morgan fingerprint density at radius 3 is 2.43 bits per heavy atom. The molecule has 1 aliphatic heterocycles. The predicted molar refractivity (Wildman–Crippen MR) is 53.2 cm³/mol. The second-order valence-corrected chi connectivity index (χ2v) is 4.88. The Bertz CT molecular complexity index is 436. The Hall–Kier alpha value is -1.30. The van der Waals surface area contributed by atoms with Gasteiger partial charge >= 0.3 is 5.97 Å². The molecule has 5 heteroatoms. The molecule has 4 nitrogen and oxygen atoms in total. The number of rotatable bonds is 1. The van der Waals surface area contributed by atoms with E-state index in [0.29, 0.717) is 5.56 Å². The van der Waals surface area contributed by atoms with Crippen molar-refractivity contribution in [2.75, 3.05) is 0 Å². The van der Waals surface area contributed by atoms with E-state index >= 15 is 0 Å². The minimum absolute atomic E-state index is 0.289. The summed E-state index contributed by atoms with van der Waals surface area (Å²) in [5.74, 6) is -1.29. The first-order chi connectivity index (χ1) is 6.53. The summed E-state index contributed by atoms with van der Waals surface area (Å²) in [6.45, 7) is 0. The Morgan fingerprint density at radius 2 is 1.86 bits per heavy atom. The Balaban J connectivity index is 2.62. The molecule has 0 aromatic heterocycles. The van der Waals surface area contributed by atoms with Gasteiger partial charge < -0.3 is 5.11 Å². The summed E-state index contributed by atoms with van der Waals surface area (Å²) in [5.41, 5.74) is 0.560. The van der Waals surface area contributed by atoms with E-state index in [1.54, 1.807) is 18.2 Å². The highest BCUT2D eigenvalue weighted by molar-refractivity contribution is 8.28. The average molecular weight is 212 g/mol. The molecule has 0 fully saturated rings. The fourth-order valence-electron chi connectivity index (χ4n) is 1.38. The summed E-state index contributed by atoms with van der Waals surface area (Å²) in [5, 5.41) is 8.75. The van der Waals surface area contributed by atoms with Crippen molar-refractivity contribution in [1.29, 1.82) is 0 Å². The average Bonchev–Trinajstić information content (AvgIpc) is 2.39. The molecule has 14 heavy (non-hydrogen) atoms. The van der Waals surface area contributed by atoms with Gasteiger partial charge in [-0.05, 0) is 12.1 Å². The van der Waals surface area contributed by atoms with Crippen LogP contribution in [0.3, 0.4) is 0 Å². The largest absolute Gasteiger partial charge is 0.477 e. The number of carboxylic acid groups (broad SMARTS) is 1. The molecule has 0 radical (unpaired) electrons. The minimum Gasteiger partial charge on any atom is -0.477 e. The lowest BCUT2D eigenvalue weighted by atomic mass is 10.2. The lowest BCUT2D eigenvalue weighted by Gasteiger charge is -2.28. The molecule has 2 rings (SSSR count). The summed E-state index contributed by atoms with van der Waals surface area (Å²) in [6, 6.07) is 6.54. The summed E-state index contributed by atoms with van der Waals surface area (Å²) in [7, 11) is -3.28. The zero-order chi connectivity index (χ0) is 10.3. The van der Waals surface area contributed by atoms with E-state index < -0.39 is 16.6 Å². The number of aliphatic carboxylic acids is 1. The number of benzene rings is 1. The van der Waals surface area contributed by atoms with Crippen molar-refractivity contribution in [3.8, 4) is 0 Å². The van der Waals surface area contributed by atoms with Crippen LogP contribution in [0.2, 0.25) is 0 Å². The zero-order valence-corrected chi connectivity index (χ0v) is 7.86. The van der Waals surface area contributed by atoms with Gasteiger partial charge in [0.1, 0.15) is 4.91 Å². The maximum Gasteiger partial charge on any atom is 0.352 e. The lowest BCUT2D eigenvalue weighted by molar-refractivity contribution is -0.131. The van der Waals surface area contributed by atoms with Crippen molar-refractivity contribution in [1.82, 2.24) is 0 Å². The molecule has 1 aliphatic rings. The number of carboxylic acids is 1. The summed E-state index contributed by atoms with van der Waals surface area (Å²) in [6.07, 6.45) is 1.30. The third kappa shape index (κ3) is 1.14. The van der Waals surface area contributed by atoms with Gasteiger partial charge in [0.05, 0.1) is 4.90 Å². The van der Waals surface area contributed by atoms with Gasteiger partial charge in [-0.25, -0.2) is 4.79 Å². The maximum absolute atomic E-state index is 10.7. The first-order valence-electron chi connectivity index (χ1n) is 3.86. The second-order valence-electron chi connectivity index (χ2n) is 2.90. The molecule has 1 heterocycles. The summed E-state index contributed by atoms with van der Waals surface area (Å²) < 4.78 is 19.3. The highest BCUT2D eigenvalue weighted by atomic mass is 32.3. The molecule has 0 saturated heterocycles. The van der Waals surface area contributed by atoms with Crippen molar-refractivity contribution >= 4 is 22.6 Å². The van der Waals surface area contributed by atoms with Crippen molar-refractivity contribution < 1.29 is 19.0 Å². The van der Waals surface area contributed by atoms with Gasteiger partial charge in [0.15, 0.2) is 0 Å². The highest BCUT2D eigenvalue weighted by Crippen LogP contribution is 2.61. The fraction of sp³-hybridized carbons (Fsp3) is 0. The van der Waals surface area contributed by atoms with Gasteiger partial charge in [-0.2, -0.15) is 0 Å². The van der Waals surface area contributed by atoms with Crippen LogP contribution in [0.4, 0.5) is 0 Å². The van der Waals surface area contributed by atoms with Gasteiger partial charge in [0.2, 0.25) is 0 Å². The second kappa shape index (κ2) is 2.84. The van der Waals surface area contributed by atoms with Crippen LogP contribution in [-0.4, -0.2) is 20.2 Å². The van der Waals surface area contributed by atoms with Crippen molar-refractivity contribution in [3.63, 3.8) is 0 Å². The van der Waals surface area contributed by atoms with Crippen LogP contribution in [0, 0.1) is 0 Å². The molecule has 0 amide bonds. The smallest absolute Gasteiger partial charge is 0.352 e. The van der Waals surface area contributed by atoms with Crippen LogP contribution in [0.1, 0.15) is 5.56 Å². The van der Waals surface area contributed by atoms with Gasteiger partial charge in [0.25, 0.3) is 0 Å². The summed E-state index contributed by atoms with van der Waals surface area (Å²) >= 11 is 0. The standard InChI is InChI=1S/C9H8O4S/c10-9(11)8-5-6-3-1-2-4-7(6)14(8,12)13/h1-5,12-13H,(H,10,11).